The maximum absolute atomic E-state index is 12.8. The number of hydrogen-bond acceptors (Lipinski definition) is 5. The van der Waals surface area contributed by atoms with Crippen LogP contribution in [0, 0.1) is 0 Å². The van der Waals surface area contributed by atoms with E-state index in [1.807, 2.05) is 7.05 Å². The van der Waals surface area contributed by atoms with E-state index in [0.717, 1.165) is 38.9 Å². The van der Waals surface area contributed by atoms with E-state index in [1.165, 1.54) is 14.2 Å². The van der Waals surface area contributed by atoms with Crippen molar-refractivity contribution in [3.63, 3.8) is 0 Å². The number of carbonyl (C=O) groups excluding carboxylic acids is 2. The molecule has 2 N–H and O–H groups in total. The molecule has 1 saturated heterocycles. The number of nitrogens with one attached hydrogen (secondary N) is 2. The van der Waals surface area contributed by atoms with Crippen LogP contribution in [0.4, 0.5) is 5.69 Å². The number of carbonyl (C=O) groups is 2. The summed E-state index contributed by atoms with van der Waals surface area (Å²) in [6.45, 7) is 2.24. The van der Waals surface area contributed by atoms with Crippen molar-refractivity contribution in [2.75, 3.05) is 46.2 Å². The summed E-state index contributed by atoms with van der Waals surface area (Å²) in [6, 6.07) is 3.29. The van der Waals surface area contributed by atoms with Gasteiger partial charge in [0, 0.05) is 25.6 Å². The number of methoxy groups -OCH3 is 2. The minimum Gasteiger partial charge on any atom is -0.493 e. The first-order valence-corrected chi connectivity index (χ1v) is 8.60. The van der Waals surface area contributed by atoms with Gasteiger partial charge >= 0.3 is 0 Å². The van der Waals surface area contributed by atoms with Crippen LogP contribution >= 0.6 is 12.4 Å². The Balaban J connectivity index is 0.00000338. The molecule has 2 rings (SSSR count). The van der Waals surface area contributed by atoms with E-state index in [9.17, 15) is 9.59 Å². The molecule has 0 radical (unpaired) electrons. The molecule has 1 fully saturated rings. The van der Waals surface area contributed by atoms with Gasteiger partial charge in [-0.15, -0.1) is 12.4 Å². The Kier molecular flexibility index (Phi) is 9.23. The van der Waals surface area contributed by atoms with Gasteiger partial charge in [0.05, 0.1) is 25.5 Å². The van der Waals surface area contributed by atoms with E-state index in [-0.39, 0.29) is 24.2 Å². The van der Waals surface area contributed by atoms with Crippen molar-refractivity contribution in [2.45, 2.75) is 25.7 Å². The largest absolute Gasteiger partial charge is 0.493 e. The highest BCUT2D eigenvalue weighted by molar-refractivity contribution is 6.04. The van der Waals surface area contributed by atoms with Gasteiger partial charge in [-0.3, -0.25) is 9.59 Å². The molecule has 1 aliphatic heterocycles. The second kappa shape index (κ2) is 10.9. The molecule has 0 aromatic heterocycles. The fraction of sp³-hybridized carbons (Fsp3) is 0.556. The Morgan fingerprint density at radius 1 is 1.12 bits per heavy atom. The monoisotopic (exact) mass is 385 g/mol. The fourth-order valence-corrected chi connectivity index (χ4v) is 2.89. The number of benzene rings is 1. The zero-order valence-corrected chi connectivity index (χ0v) is 16.4. The van der Waals surface area contributed by atoms with E-state index in [2.05, 4.69) is 10.6 Å². The molecule has 0 atom stereocenters. The fourth-order valence-electron chi connectivity index (χ4n) is 2.89. The van der Waals surface area contributed by atoms with Gasteiger partial charge in [0.1, 0.15) is 0 Å². The normalized spacial score (nSPS) is 13.1. The van der Waals surface area contributed by atoms with Crippen LogP contribution in [0.2, 0.25) is 0 Å². The van der Waals surface area contributed by atoms with Crippen molar-refractivity contribution in [3.8, 4) is 11.5 Å². The van der Waals surface area contributed by atoms with E-state index < -0.39 is 0 Å². The minimum atomic E-state index is -0.127. The third-order valence-electron chi connectivity index (χ3n) is 4.25. The van der Waals surface area contributed by atoms with Crippen molar-refractivity contribution in [2.24, 2.45) is 0 Å². The second-order valence-electron chi connectivity index (χ2n) is 6.01. The number of rotatable bonds is 8. The summed E-state index contributed by atoms with van der Waals surface area (Å²) in [5.41, 5.74) is 0.894. The SMILES string of the molecule is CNCCCC(=O)Nc1cc(OC)c(OC)cc1C(=O)N1CCCC1.Cl. The highest BCUT2D eigenvalue weighted by Gasteiger charge is 2.24. The Bertz CT molecular complexity index is 619. The Morgan fingerprint density at radius 3 is 2.31 bits per heavy atom. The van der Waals surface area contributed by atoms with Crippen LogP contribution in [0.25, 0.3) is 0 Å². The number of likely N-dealkylation sites (tertiary alicyclic amines) is 1. The predicted molar refractivity (Wildman–Crippen MR) is 104 cm³/mol. The lowest BCUT2D eigenvalue weighted by Crippen LogP contribution is -2.29. The lowest BCUT2D eigenvalue weighted by Gasteiger charge is -2.20. The molecule has 0 saturated carbocycles. The number of ether oxygens (including phenoxy) is 2. The average Bonchev–Trinajstić information content (AvgIpc) is 3.15. The van der Waals surface area contributed by atoms with E-state index in [0.29, 0.717) is 29.2 Å². The average molecular weight is 386 g/mol. The van der Waals surface area contributed by atoms with Crippen molar-refractivity contribution in [3.05, 3.63) is 17.7 Å². The van der Waals surface area contributed by atoms with Crippen molar-refractivity contribution >= 4 is 29.9 Å². The molecule has 1 aromatic rings. The molecule has 0 aliphatic carbocycles. The summed E-state index contributed by atoms with van der Waals surface area (Å²) in [5, 5.41) is 5.86. The van der Waals surface area contributed by atoms with Crippen molar-refractivity contribution < 1.29 is 19.1 Å². The summed E-state index contributed by atoms with van der Waals surface area (Å²) in [7, 11) is 4.90. The third-order valence-corrected chi connectivity index (χ3v) is 4.25. The molecule has 7 nitrogen and oxygen atoms in total. The standard InChI is InChI=1S/C18H27N3O4.ClH/c1-19-8-6-7-17(22)20-14-12-16(25-3)15(24-2)11-13(14)18(23)21-9-4-5-10-21;/h11-12,19H,4-10H2,1-3H3,(H,20,22);1H. The van der Waals surface area contributed by atoms with Crippen LogP contribution in [0.15, 0.2) is 12.1 Å². The van der Waals surface area contributed by atoms with Crippen LogP contribution in [0.1, 0.15) is 36.0 Å². The summed E-state index contributed by atoms with van der Waals surface area (Å²) in [4.78, 5) is 26.9. The number of nitrogens with zero attached hydrogens (tertiary/aromatic N) is 1. The molecule has 0 bridgehead atoms. The first kappa shape index (κ1) is 22.1. The zero-order valence-electron chi connectivity index (χ0n) is 15.6. The molecule has 0 spiro atoms. The summed E-state index contributed by atoms with van der Waals surface area (Å²) in [5.74, 6) is 0.728. The number of halogens is 1. The first-order valence-electron chi connectivity index (χ1n) is 8.60. The van der Waals surface area contributed by atoms with Gasteiger partial charge in [0.15, 0.2) is 11.5 Å². The number of hydrogen-bond donors (Lipinski definition) is 2. The predicted octanol–water partition coefficient (Wildman–Crippen LogP) is 2.30. The molecule has 1 heterocycles. The van der Waals surface area contributed by atoms with E-state index in [1.54, 1.807) is 17.0 Å². The topological polar surface area (TPSA) is 79.9 Å². The van der Waals surface area contributed by atoms with Crippen LogP contribution in [-0.2, 0) is 4.79 Å². The molecule has 8 heteroatoms. The second-order valence-corrected chi connectivity index (χ2v) is 6.01. The molecule has 146 valence electrons. The van der Waals surface area contributed by atoms with Gasteiger partial charge in [-0.25, -0.2) is 0 Å². The molecule has 1 aromatic carbocycles. The molecule has 0 unspecified atom stereocenters. The van der Waals surface area contributed by atoms with Crippen LogP contribution in [0.5, 0.6) is 11.5 Å². The lowest BCUT2D eigenvalue weighted by atomic mass is 10.1. The zero-order chi connectivity index (χ0) is 18.2. The van der Waals surface area contributed by atoms with Gasteiger partial charge in [-0.2, -0.15) is 0 Å². The molecule has 2 amide bonds. The van der Waals surface area contributed by atoms with Crippen LogP contribution in [0.3, 0.4) is 0 Å². The quantitative estimate of drug-likeness (QED) is 0.671. The molecular weight excluding hydrogens is 358 g/mol. The number of amides is 2. The summed E-state index contributed by atoms with van der Waals surface area (Å²) >= 11 is 0. The van der Waals surface area contributed by atoms with Gasteiger partial charge in [0.25, 0.3) is 5.91 Å². The Morgan fingerprint density at radius 2 is 1.73 bits per heavy atom. The molecule has 1 aliphatic rings. The maximum atomic E-state index is 12.8. The maximum Gasteiger partial charge on any atom is 0.256 e. The van der Waals surface area contributed by atoms with Gasteiger partial charge in [-0.05, 0) is 38.9 Å². The Hall–Kier alpha value is -1.99. The van der Waals surface area contributed by atoms with Crippen LogP contribution < -0.4 is 20.1 Å². The highest BCUT2D eigenvalue weighted by Crippen LogP contribution is 2.34. The van der Waals surface area contributed by atoms with Crippen molar-refractivity contribution in [1.82, 2.24) is 10.2 Å². The Labute approximate surface area is 160 Å². The van der Waals surface area contributed by atoms with Gasteiger partial charge in [-0.1, -0.05) is 0 Å². The summed E-state index contributed by atoms with van der Waals surface area (Å²) in [6.07, 6.45) is 3.12. The van der Waals surface area contributed by atoms with Gasteiger partial charge < -0.3 is 25.0 Å². The minimum absolute atomic E-state index is 0. The summed E-state index contributed by atoms with van der Waals surface area (Å²) < 4.78 is 10.6. The third kappa shape index (κ3) is 5.51. The van der Waals surface area contributed by atoms with E-state index >= 15 is 0 Å². The highest BCUT2D eigenvalue weighted by atomic mass is 35.5. The van der Waals surface area contributed by atoms with E-state index in [4.69, 9.17) is 9.47 Å². The number of anilines is 1. The van der Waals surface area contributed by atoms with Crippen LogP contribution in [-0.4, -0.2) is 57.6 Å². The smallest absolute Gasteiger partial charge is 0.256 e. The van der Waals surface area contributed by atoms with Crippen molar-refractivity contribution in [1.29, 1.82) is 0 Å². The lowest BCUT2D eigenvalue weighted by molar-refractivity contribution is -0.116. The van der Waals surface area contributed by atoms with Gasteiger partial charge in [0.2, 0.25) is 5.91 Å². The first-order chi connectivity index (χ1) is 12.1. The molecule has 26 heavy (non-hydrogen) atoms. The molecular formula is C18H28ClN3O4.